The third-order valence-electron chi connectivity index (χ3n) is 3.57. The number of benzene rings is 1. The molecular formula is C13H14N4O4. The van der Waals surface area contributed by atoms with Crippen LogP contribution in [-0.2, 0) is 10.3 Å². The number of nitro benzene ring substituents is 1. The maximum absolute atomic E-state index is 10.6. The smallest absolute Gasteiger partial charge is 0.269 e. The molecule has 0 radical (unpaired) electrons. The molecule has 1 aliphatic rings. The first-order valence-corrected chi connectivity index (χ1v) is 6.54. The molecule has 1 aliphatic heterocycles. The molecule has 1 aromatic carbocycles. The predicted molar refractivity (Wildman–Crippen MR) is 72.3 cm³/mol. The van der Waals surface area contributed by atoms with E-state index < -0.39 is 10.5 Å². The fraction of sp³-hybridized carbons (Fsp3) is 0.385. The molecule has 0 amide bonds. The van der Waals surface area contributed by atoms with Crippen molar-refractivity contribution in [2.75, 3.05) is 13.2 Å². The minimum absolute atomic E-state index is 0.0159. The molecule has 2 aromatic rings. The highest BCUT2D eigenvalue weighted by Crippen LogP contribution is 2.29. The quantitative estimate of drug-likeness (QED) is 0.673. The molecule has 0 bridgehead atoms. The Hall–Kier alpha value is -2.32. The number of nitrogens with zero attached hydrogens (tertiary/aromatic N) is 3. The van der Waals surface area contributed by atoms with Gasteiger partial charge in [-0.1, -0.05) is 5.16 Å². The van der Waals surface area contributed by atoms with E-state index in [1.807, 2.05) is 0 Å². The molecule has 110 valence electrons. The van der Waals surface area contributed by atoms with E-state index in [1.54, 1.807) is 12.1 Å². The van der Waals surface area contributed by atoms with Crippen LogP contribution >= 0.6 is 0 Å². The van der Waals surface area contributed by atoms with Crippen LogP contribution in [0, 0.1) is 10.1 Å². The van der Waals surface area contributed by atoms with Gasteiger partial charge in [0.1, 0.15) is 5.54 Å². The Labute approximate surface area is 120 Å². The molecule has 1 saturated heterocycles. The largest absolute Gasteiger partial charge is 0.381 e. The lowest BCUT2D eigenvalue weighted by molar-refractivity contribution is -0.384. The van der Waals surface area contributed by atoms with Gasteiger partial charge < -0.3 is 15.0 Å². The summed E-state index contributed by atoms with van der Waals surface area (Å²) in [6.45, 7) is 1.12. The second kappa shape index (κ2) is 5.23. The summed E-state index contributed by atoms with van der Waals surface area (Å²) in [5.74, 6) is 0.746. The van der Waals surface area contributed by atoms with Crippen molar-refractivity contribution < 1.29 is 14.2 Å². The van der Waals surface area contributed by atoms with E-state index in [-0.39, 0.29) is 5.69 Å². The maximum Gasteiger partial charge on any atom is 0.269 e. The van der Waals surface area contributed by atoms with Gasteiger partial charge in [0.15, 0.2) is 0 Å². The highest BCUT2D eigenvalue weighted by Gasteiger charge is 2.35. The van der Waals surface area contributed by atoms with Crippen LogP contribution in [0.1, 0.15) is 18.7 Å². The van der Waals surface area contributed by atoms with E-state index in [9.17, 15) is 10.1 Å². The maximum atomic E-state index is 10.6. The lowest BCUT2D eigenvalue weighted by atomic mass is 9.91. The fourth-order valence-electron chi connectivity index (χ4n) is 2.22. The highest BCUT2D eigenvalue weighted by molar-refractivity contribution is 5.56. The summed E-state index contributed by atoms with van der Waals surface area (Å²) >= 11 is 0. The van der Waals surface area contributed by atoms with Crippen molar-refractivity contribution in [1.82, 2.24) is 10.1 Å². The van der Waals surface area contributed by atoms with Gasteiger partial charge in [0.05, 0.1) is 4.92 Å². The van der Waals surface area contributed by atoms with Gasteiger partial charge in [0.2, 0.25) is 11.7 Å². The van der Waals surface area contributed by atoms with Crippen LogP contribution in [-0.4, -0.2) is 28.3 Å². The Morgan fingerprint density at radius 3 is 2.52 bits per heavy atom. The molecule has 2 heterocycles. The fourth-order valence-corrected chi connectivity index (χ4v) is 2.22. The lowest BCUT2D eigenvalue weighted by Crippen LogP contribution is -2.42. The Kier molecular flexibility index (Phi) is 3.40. The minimum atomic E-state index is -0.662. The summed E-state index contributed by atoms with van der Waals surface area (Å²) < 4.78 is 10.5. The van der Waals surface area contributed by atoms with E-state index in [2.05, 4.69) is 10.1 Å². The SMILES string of the molecule is NC1(c2nc(-c3ccc([N+](=O)[O-])cc3)no2)CCOCC1. The van der Waals surface area contributed by atoms with Gasteiger partial charge in [0, 0.05) is 30.9 Å². The molecule has 0 unspecified atom stereocenters. The first-order chi connectivity index (χ1) is 10.1. The number of rotatable bonds is 3. The van der Waals surface area contributed by atoms with Gasteiger partial charge >= 0.3 is 0 Å². The average molecular weight is 290 g/mol. The average Bonchev–Trinajstić information content (AvgIpc) is 2.99. The topological polar surface area (TPSA) is 117 Å². The number of nitro groups is 1. The summed E-state index contributed by atoms with van der Waals surface area (Å²) in [7, 11) is 0. The summed E-state index contributed by atoms with van der Waals surface area (Å²) in [5.41, 5.74) is 6.27. The summed E-state index contributed by atoms with van der Waals surface area (Å²) in [6.07, 6.45) is 1.24. The van der Waals surface area contributed by atoms with Crippen LogP contribution in [0.25, 0.3) is 11.4 Å². The molecule has 0 aliphatic carbocycles. The van der Waals surface area contributed by atoms with Gasteiger partial charge in [0.25, 0.3) is 5.69 Å². The Morgan fingerprint density at radius 1 is 1.24 bits per heavy atom. The number of aromatic nitrogens is 2. The van der Waals surface area contributed by atoms with Gasteiger partial charge in [-0.15, -0.1) is 0 Å². The zero-order valence-electron chi connectivity index (χ0n) is 11.2. The Morgan fingerprint density at radius 2 is 1.90 bits per heavy atom. The van der Waals surface area contributed by atoms with Crippen LogP contribution in [0.15, 0.2) is 28.8 Å². The second-order valence-electron chi connectivity index (χ2n) is 5.00. The molecule has 2 N–H and O–H groups in total. The van der Waals surface area contributed by atoms with Crippen LogP contribution in [0.4, 0.5) is 5.69 Å². The van der Waals surface area contributed by atoms with Crippen molar-refractivity contribution in [1.29, 1.82) is 0 Å². The lowest BCUT2D eigenvalue weighted by Gasteiger charge is -2.29. The molecule has 0 saturated carbocycles. The number of hydrogen-bond donors (Lipinski definition) is 1. The molecular weight excluding hydrogens is 276 g/mol. The summed E-state index contributed by atoms with van der Waals surface area (Å²) in [6, 6.07) is 5.97. The standard InChI is InChI=1S/C13H14N4O4/c14-13(5-7-20-8-6-13)12-15-11(16-21-12)9-1-3-10(4-2-9)17(18)19/h1-4H,5-8,14H2. The van der Waals surface area contributed by atoms with Gasteiger partial charge in [-0.2, -0.15) is 4.98 Å². The van der Waals surface area contributed by atoms with Gasteiger partial charge in [-0.3, -0.25) is 10.1 Å². The van der Waals surface area contributed by atoms with E-state index in [4.69, 9.17) is 15.0 Å². The second-order valence-corrected chi connectivity index (χ2v) is 5.00. The van der Waals surface area contributed by atoms with Crippen LogP contribution in [0.5, 0.6) is 0 Å². The first kappa shape index (κ1) is 13.7. The highest BCUT2D eigenvalue weighted by atomic mass is 16.6. The van der Waals surface area contributed by atoms with E-state index in [0.29, 0.717) is 43.3 Å². The minimum Gasteiger partial charge on any atom is -0.381 e. The van der Waals surface area contributed by atoms with E-state index >= 15 is 0 Å². The molecule has 8 nitrogen and oxygen atoms in total. The Balaban J connectivity index is 1.85. The monoisotopic (exact) mass is 290 g/mol. The molecule has 3 rings (SSSR count). The van der Waals surface area contributed by atoms with Crippen molar-refractivity contribution in [2.45, 2.75) is 18.4 Å². The van der Waals surface area contributed by atoms with Crippen molar-refractivity contribution in [2.24, 2.45) is 5.73 Å². The van der Waals surface area contributed by atoms with Crippen LogP contribution < -0.4 is 5.73 Å². The number of ether oxygens (including phenoxy) is 1. The van der Waals surface area contributed by atoms with Crippen molar-refractivity contribution in [3.63, 3.8) is 0 Å². The van der Waals surface area contributed by atoms with Crippen molar-refractivity contribution >= 4 is 5.69 Å². The number of nitrogens with two attached hydrogens (primary N) is 1. The summed E-state index contributed by atoms with van der Waals surface area (Å²) in [4.78, 5) is 14.5. The third kappa shape index (κ3) is 2.63. The number of non-ortho nitro benzene ring substituents is 1. The zero-order valence-corrected chi connectivity index (χ0v) is 11.2. The summed E-state index contributed by atoms with van der Waals surface area (Å²) in [5, 5.41) is 14.5. The molecule has 0 spiro atoms. The van der Waals surface area contributed by atoms with Crippen LogP contribution in [0.3, 0.4) is 0 Å². The normalized spacial score (nSPS) is 17.6. The van der Waals surface area contributed by atoms with E-state index in [1.165, 1.54) is 12.1 Å². The molecule has 1 fully saturated rings. The van der Waals surface area contributed by atoms with Gasteiger partial charge in [-0.25, -0.2) is 0 Å². The molecule has 0 atom stereocenters. The molecule has 8 heteroatoms. The third-order valence-corrected chi connectivity index (χ3v) is 3.57. The molecule has 1 aromatic heterocycles. The predicted octanol–water partition coefficient (Wildman–Crippen LogP) is 1.61. The van der Waals surface area contributed by atoms with Crippen molar-refractivity contribution in [3.8, 4) is 11.4 Å². The number of hydrogen-bond acceptors (Lipinski definition) is 7. The van der Waals surface area contributed by atoms with Crippen LogP contribution in [0.2, 0.25) is 0 Å². The molecule has 21 heavy (non-hydrogen) atoms. The Bertz CT molecular complexity index is 646. The zero-order chi connectivity index (χ0) is 14.9. The first-order valence-electron chi connectivity index (χ1n) is 6.54. The van der Waals surface area contributed by atoms with Crippen molar-refractivity contribution in [3.05, 3.63) is 40.3 Å². The van der Waals surface area contributed by atoms with Gasteiger partial charge in [-0.05, 0) is 25.0 Å². The van der Waals surface area contributed by atoms with E-state index in [0.717, 1.165) is 0 Å².